The normalized spacial score (nSPS) is 16.1. The highest BCUT2D eigenvalue weighted by molar-refractivity contribution is 6.32. The molecule has 8 nitrogen and oxygen atoms in total. The molecule has 1 atom stereocenters. The third-order valence-electron chi connectivity index (χ3n) is 4.87. The van der Waals surface area contributed by atoms with Crippen molar-refractivity contribution in [2.45, 2.75) is 32.9 Å². The Labute approximate surface area is 169 Å². The number of nitrogens with one attached hydrogen (secondary N) is 1. The Bertz CT molecular complexity index is 791. The van der Waals surface area contributed by atoms with E-state index in [0.29, 0.717) is 29.6 Å². The summed E-state index contributed by atoms with van der Waals surface area (Å²) in [6, 6.07) is 3.89. The van der Waals surface area contributed by atoms with E-state index in [-0.39, 0.29) is 17.8 Å². The number of ether oxygens (including phenoxy) is 2. The Balaban J connectivity index is 1.61. The summed E-state index contributed by atoms with van der Waals surface area (Å²) in [7, 11) is 1.62. The lowest BCUT2D eigenvalue weighted by atomic mass is 10.1. The smallest absolute Gasteiger partial charge is 0.291 e. The third kappa shape index (κ3) is 4.74. The maximum Gasteiger partial charge on any atom is 0.291 e. The summed E-state index contributed by atoms with van der Waals surface area (Å²) in [5.74, 6) is 1.39. The predicted molar refractivity (Wildman–Crippen MR) is 106 cm³/mol. The number of hydrogen-bond acceptors (Lipinski definition) is 6. The number of nitrogens with zero attached hydrogens (tertiary/aromatic N) is 4. The number of piperazine rings is 1. The van der Waals surface area contributed by atoms with Gasteiger partial charge in [0.1, 0.15) is 6.33 Å². The van der Waals surface area contributed by atoms with E-state index >= 15 is 0 Å². The monoisotopic (exact) mass is 407 g/mol. The molecule has 3 rings (SSSR count). The van der Waals surface area contributed by atoms with Crippen LogP contribution in [0.4, 0.5) is 0 Å². The van der Waals surface area contributed by atoms with Crippen molar-refractivity contribution in [3.63, 3.8) is 0 Å². The van der Waals surface area contributed by atoms with Gasteiger partial charge in [0.05, 0.1) is 18.2 Å². The van der Waals surface area contributed by atoms with Crippen molar-refractivity contribution >= 4 is 17.5 Å². The number of H-pyrrole nitrogens is 1. The van der Waals surface area contributed by atoms with Gasteiger partial charge in [0.25, 0.3) is 5.91 Å². The van der Waals surface area contributed by atoms with Gasteiger partial charge in [-0.2, -0.15) is 5.10 Å². The Morgan fingerprint density at radius 3 is 2.68 bits per heavy atom. The van der Waals surface area contributed by atoms with Crippen molar-refractivity contribution in [1.82, 2.24) is 25.0 Å². The van der Waals surface area contributed by atoms with E-state index < -0.39 is 0 Å². The first-order chi connectivity index (χ1) is 13.5. The number of amides is 1. The summed E-state index contributed by atoms with van der Waals surface area (Å²) in [5.41, 5.74) is 1.05. The number of benzene rings is 1. The lowest BCUT2D eigenvalue weighted by Crippen LogP contribution is -2.48. The van der Waals surface area contributed by atoms with Gasteiger partial charge in [0, 0.05) is 32.7 Å². The van der Waals surface area contributed by atoms with Crippen molar-refractivity contribution in [3.05, 3.63) is 34.9 Å². The number of halogens is 1. The zero-order valence-corrected chi connectivity index (χ0v) is 17.2. The van der Waals surface area contributed by atoms with Crippen LogP contribution in [0.5, 0.6) is 11.5 Å². The average Bonchev–Trinajstić information content (AvgIpc) is 3.24. The van der Waals surface area contributed by atoms with E-state index in [9.17, 15) is 4.79 Å². The van der Waals surface area contributed by atoms with E-state index in [2.05, 4.69) is 27.0 Å². The summed E-state index contributed by atoms with van der Waals surface area (Å²) >= 11 is 6.46. The van der Waals surface area contributed by atoms with E-state index in [0.717, 1.165) is 31.6 Å². The number of hydrogen-bond donors (Lipinski definition) is 1. The number of aromatic nitrogens is 3. The lowest BCUT2D eigenvalue weighted by molar-refractivity contribution is 0.0617. The third-order valence-corrected chi connectivity index (χ3v) is 5.15. The van der Waals surface area contributed by atoms with Crippen LogP contribution >= 0.6 is 11.6 Å². The molecule has 1 fully saturated rings. The standard InChI is InChI=1S/C19H26ClN5O3/c1-4-13(2)28-17-15(20)9-14(10-16(17)27-3)11-24-5-7-25(8-6-24)19(26)18-21-12-22-23-18/h9-10,12-13H,4-8,11H2,1-3H3,(H,21,22,23)/t13-/m0/s1. The fraction of sp³-hybridized carbons (Fsp3) is 0.526. The molecule has 0 saturated carbocycles. The number of methoxy groups -OCH3 is 1. The number of carbonyl (C=O) groups is 1. The van der Waals surface area contributed by atoms with Crippen molar-refractivity contribution in [2.24, 2.45) is 0 Å². The Morgan fingerprint density at radius 1 is 1.32 bits per heavy atom. The molecule has 2 aromatic rings. The first-order valence-electron chi connectivity index (χ1n) is 9.41. The van der Waals surface area contributed by atoms with E-state index in [1.807, 2.05) is 19.1 Å². The Hall–Kier alpha value is -2.32. The number of aromatic amines is 1. The van der Waals surface area contributed by atoms with Gasteiger partial charge < -0.3 is 14.4 Å². The highest BCUT2D eigenvalue weighted by Gasteiger charge is 2.24. The largest absolute Gasteiger partial charge is 0.493 e. The summed E-state index contributed by atoms with van der Waals surface area (Å²) in [4.78, 5) is 20.3. The molecule has 1 aliphatic rings. The van der Waals surface area contributed by atoms with Crippen LogP contribution in [0.2, 0.25) is 5.02 Å². The second-order valence-electron chi connectivity index (χ2n) is 6.85. The quantitative estimate of drug-likeness (QED) is 0.759. The van der Waals surface area contributed by atoms with Crippen LogP contribution in [-0.2, 0) is 6.54 Å². The number of carbonyl (C=O) groups excluding carboxylic acids is 1. The van der Waals surface area contributed by atoms with Gasteiger partial charge in [-0.25, -0.2) is 4.98 Å². The van der Waals surface area contributed by atoms with Crippen molar-refractivity contribution in [1.29, 1.82) is 0 Å². The molecule has 1 amide bonds. The molecule has 1 N–H and O–H groups in total. The molecule has 9 heteroatoms. The zero-order valence-electron chi connectivity index (χ0n) is 16.4. The summed E-state index contributed by atoms with van der Waals surface area (Å²) in [6.07, 6.45) is 2.29. The molecule has 1 aromatic heterocycles. The minimum Gasteiger partial charge on any atom is -0.493 e. The molecule has 0 aliphatic carbocycles. The van der Waals surface area contributed by atoms with E-state index in [1.165, 1.54) is 6.33 Å². The second-order valence-corrected chi connectivity index (χ2v) is 7.26. The summed E-state index contributed by atoms with van der Waals surface area (Å²) in [5, 5.41) is 6.91. The zero-order chi connectivity index (χ0) is 20.1. The highest BCUT2D eigenvalue weighted by Crippen LogP contribution is 2.37. The maximum atomic E-state index is 12.3. The van der Waals surface area contributed by atoms with Crippen LogP contribution in [0.1, 0.15) is 36.5 Å². The van der Waals surface area contributed by atoms with Crippen LogP contribution in [-0.4, -0.2) is 70.3 Å². The fourth-order valence-corrected chi connectivity index (χ4v) is 3.37. The first-order valence-corrected chi connectivity index (χ1v) is 9.79. The summed E-state index contributed by atoms with van der Waals surface area (Å²) in [6.45, 7) is 7.61. The molecule has 0 bridgehead atoms. The van der Waals surface area contributed by atoms with Crippen LogP contribution in [0.3, 0.4) is 0 Å². The molecule has 28 heavy (non-hydrogen) atoms. The topological polar surface area (TPSA) is 83.6 Å². The molecule has 152 valence electrons. The van der Waals surface area contributed by atoms with Crippen LogP contribution in [0, 0.1) is 0 Å². The molecule has 0 spiro atoms. The molecule has 1 aromatic carbocycles. The molecular weight excluding hydrogens is 382 g/mol. The van der Waals surface area contributed by atoms with Gasteiger partial charge in [-0.15, -0.1) is 0 Å². The van der Waals surface area contributed by atoms with E-state index in [1.54, 1.807) is 12.0 Å². The first kappa shape index (κ1) is 20.4. The molecule has 1 aliphatic heterocycles. The molecule has 0 unspecified atom stereocenters. The molecular formula is C19H26ClN5O3. The van der Waals surface area contributed by atoms with Gasteiger partial charge in [-0.3, -0.25) is 14.8 Å². The fourth-order valence-electron chi connectivity index (χ4n) is 3.09. The second kappa shape index (κ2) is 9.25. The van der Waals surface area contributed by atoms with Crippen LogP contribution in [0.15, 0.2) is 18.5 Å². The van der Waals surface area contributed by atoms with Crippen molar-refractivity contribution in [2.75, 3.05) is 33.3 Å². The maximum absolute atomic E-state index is 12.3. The van der Waals surface area contributed by atoms with Gasteiger partial charge in [-0.05, 0) is 31.0 Å². The predicted octanol–water partition coefficient (Wildman–Crippen LogP) is 2.60. The molecule has 2 heterocycles. The molecule has 0 radical (unpaired) electrons. The van der Waals surface area contributed by atoms with Crippen molar-refractivity contribution < 1.29 is 14.3 Å². The number of rotatable bonds is 7. The SMILES string of the molecule is CC[C@H](C)Oc1c(Cl)cc(CN2CCN(C(=O)c3ncn[nH]3)CC2)cc1OC. The Morgan fingerprint density at radius 2 is 2.07 bits per heavy atom. The minimum atomic E-state index is -0.117. The summed E-state index contributed by atoms with van der Waals surface area (Å²) < 4.78 is 11.4. The average molecular weight is 408 g/mol. The van der Waals surface area contributed by atoms with Crippen LogP contribution < -0.4 is 9.47 Å². The van der Waals surface area contributed by atoms with Crippen LogP contribution in [0.25, 0.3) is 0 Å². The van der Waals surface area contributed by atoms with Gasteiger partial charge in [-0.1, -0.05) is 18.5 Å². The van der Waals surface area contributed by atoms with Gasteiger partial charge in [0.2, 0.25) is 5.82 Å². The minimum absolute atomic E-state index is 0.0622. The highest BCUT2D eigenvalue weighted by atomic mass is 35.5. The van der Waals surface area contributed by atoms with E-state index in [4.69, 9.17) is 21.1 Å². The lowest BCUT2D eigenvalue weighted by Gasteiger charge is -2.34. The Kier molecular flexibility index (Phi) is 6.74. The van der Waals surface area contributed by atoms with Gasteiger partial charge >= 0.3 is 0 Å². The van der Waals surface area contributed by atoms with Gasteiger partial charge in [0.15, 0.2) is 11.5 Å². The molecule has 1 saturated heterocycles. The van der Waals surface area contributed by atoms with Crippen molar-refractivity contribution in [3.8, 4) is 11.5 Å².